The highest BCUT2D eigenvalue weighted by molar-refractivity contribution is 5.77. The van der Waals surface area contributed by atoms with Crippen molar-refractivity contribution in [2.24, 2.45) is 11.5 Å². The zero-order valence-corrected chi connectivity index (χ0v) is 16.8. The second-order valence-electron chi connectivity index (χ2n) is 7.36. The summed E-state index contributed by atoms with van der Waals surface area (Å²) < 4.78 is 0. The molecule has 6 nitrogen and oxygen atoms in total. The Balaban J connectivity index is 4.18. The second kappa shape index (κ2) is 16.1. The minimum atomic E-state index is -0.952. The summed E-state index contributed by atoms with van der Waals surface area (Å²) in [4.78, 5) is 22.4. The molecular formula is C20H41N3O3. The molecule has 0 heterocycles. The Labute approximate surface area is 159 Å². The van der Waals surface area contributed by atoms with Crippen LogP contribution in [0, 0.1) is 0 Å². The molecule has 154 valence electrons. The SMILES string of the molecule is CCCCCCCCCCCC(NC(CCC(N)=O)C(=O)O)C(N)CC. The highest BCUT2D eigenvalue weighted by Gasteiger charge is 2.24. The first kappa shape index (κ1) is 24.9. The molecule has 0 aromatic rings. The van der Waals surface area contributed by atoms with Crippen LogP contribution in [0.15, 0.2) is 0 Å². The summed E-state index contributed by atoms with van der Waals surface area (Å²) in [6, 6.07) is -0.901. The van der Waals surface area contributed by atoms with E-state index in [0.717, 1.165) is 25.7 Å². The summed E-state index contributed by atoms with van der Waals surface area (Å²) in [6.45, 7) is 4.24. The van der Waals surface area contributed by atoms with Crippen molar-refractivity contribution in [1.82, 2.24) is 5.32 Å². The maximum Gasteiger partial charge on any atom is 0.320 e. The van der Waals surface area contributed by atoms with Crippen LogP contribution in [0.3, 0.4) is 0 Å². The fraction of sp³-hybridized carbons (Fsp3) is 0.900. The van der Waals surface area contributed by atoms with Crippen LogP contribution in [0.4, 0.5) is 0 Å². The number of carboxylic acids is 1. The summed E-state index contributed by atoms with van der Waals surface area (Å²) >= 11 is 0. The summed E-state index contributed by atoms with van der Waals surface area (Å²) in [6.07, 6.45) is 13.2. The number of carbonyl (C=O) groups is 2. The monoisotopic (exact) mass is 371 g/mol. The van der Waals surface area contributed by atoms with Crippen LogP contribution in [0.2, 0.25) is 0 Å². The third kappa shape index (κ3) is 13.1. The molecule has 3 atom stereocenters. The molecule has 0 aromatic heterocycles. The van der Waals surface area contributed by atoms with E-state index in [0.29, 0.717) is 0 Å². The van der Waals surface area contributed by atoms with Crippen molar-refractivity contribution < 1.29 is 14.7 Å². The van der Waals surface area contributed by atoms with Crippen LogP contribution in [0.1, 0.15) is 97.3 Å². The third-order valence-electron chi connectivity index (χ3n) is 5.00. The molecule has 26 heavy (non-hydrogen) atoms. The molecule has 0 rings (SSSR count). The lowest BCUT2D eigenvalue weighted by Crippen LogP contribution is -2.51. The quantitative estimate of drug-likeness (QED) is 0.276. The van der Waals surface area contributed by atoms with Gasteiger partial charge >= 0.3 is 5.97 Å². The number of carboxylic acid groups (broad SMARTS) is 1. The molecule has 6 heteroatoms. The van der Waals surface area contributed by atoms with Crippen LogP contribution in [-0.4, -0.2) is 35.1 Å². The van der Waals surface area contributed by atoms with E-state index >= 15 is 0 Å². The molecule has 0 saturated heterocycles. The van der Waals surface area contributed by atoms with E-state index in [4.69, 9.17) is 11.5 Å². The van der Waals surface area contributed by atoms with E-state index in [2.05, 4.69) is 12.2 Å². The zero-order chi connectivity index (χ0) is 19.8. The Morgan fingerprint density at radius 1 is 0.923 bits per heavy atom. The van der Waals surface area contributed by atoms with E-state index in [1.807, 2.05) is 6.92 Å². The Morgan fingerprint density at radius 2 is 1.46 bits per heavy atom. The second-order valence-corrected chi connectivity index (χ2v) is 7.36. The lowest BCUT2D eigenvalue weighted by Gasteiger charge is -2.27. The molecule has 0 saturated carbocycles. The van der Waals surface area contributed by atoms with Gasteiger partial charge in [0, 0.05) is 18.5 Å². The predicted molar refractivity (Wildman–Crippen MR) is 107 cm³/mol. The molecule has 3 unspecified atom stereocenters. The zero-order valence-electron chi connectivity index (χ0n) is 16.8. The van der Waals surface area contributed by atoms with Crippen LogP contribution in [0.5, 0.6) is 0 Å². The van der Waals surface area contributed by atoms with E-state index in [-0.39, 0.29) is 24.9 Å². The molecule has 0 aliphatic carbocycles. The number of hydrogen-bond acceptors (Lipinski definition) is 4. The average molecular weight is 372 g/mol. The Bertz CT molecular complexity index is 377. The minimum absolute atomic E-state index is 0.0430. The number of rotatable bonds is 18. The van der Waals surface area contributed by atoms with Crippen LogP contribution < -0.4 is 16.8 Å². The number of unbranched alkanes of at least 4 members (excludes halogenated alkanes) is 8. The van der Waals surface area contributed by atoms with E-state index in [9.17, 15) is 14.7 Å². The number of aliphatic carboxylic acids is 1. The number of primary amides is 1. The number of hydrogen-bond donors (Lipinski definition) is 4. The summed E-state index contributed by atoms with van der Waals surface area (Å²) in [5.74, 6) is -1.43. The van der Waals surface area contributed by atoms with E-state index < -0.39 is 17.9 Å². The third-order valence-corrected chi connectivity index (χ3v) is 5.00. The fourth-order valence-corrected chi connectivity index (χ4v) is 3.20. The highest BCUT2D eigenvalue weighted by atomic mass is 16.4. The molecule has 0 spiro atoms. The minimum Gasteiger partial charge on any atom is -0.480 e. The lowest BCUT2D eigenvalue weighted by atomic mass is 9.97. The summed E-state index contributed by atoms with van der Waals surface area (Å²) in [5, 5.41) is 12.5. The van der Waals surface area contributed by atoms with Gasteiger partial charge < -0.3 is 21.9 Å². The summed E-state index contributed by atoms with van der Waals surface area (Å²) in [5.41, 5.74) is 11.3. The molecule has 6 N–H and O–H groups in total. The molecule has 1 amide bonds. The van der Waals surface area contributed by atoms with Gasteiger partial charge in [0.2, 0.25) is 5.91 Å². The predicted octanol–water partition coefficient (Wildman–Crippen LogP) is 3.32. The largest absolute Gasteiger partial charge is 0.480 e. The van der Waals surface area contributed by atoms with Crippen molar-refractivity contribution >= 4 is 11.9 Å². The first-order valence-electron chi connectivity index (χ1n) is 10.4. The Hall–Kier alpha value is -1.14. The van der Waals surface area contributed by atoms with Gasteiger partial charge in [-0.25, -0.2) is 0 Å². The van der Waals surface area contributed by atoms with Crippen LogP contribution >= 0.6 is 0 Å². The summed E-state index contributed by atoms with van der Waals surface area (Å²) in [7, 11) is 0. The molecule has 0 aromatic carbocycles. The molecule has 0 aliphatic heterocycles. The lowest BCUT2D eigenvalue weighted by molar-refractivity contribution is -0.140. The first-order chi connectivity index (χ1) is 12.4. The van der Waals surface area contributed by atoms with Gasteiger partial charge in [0.15, 0.2) is 0 Å². The standard InChI is InChI=1S/C20H41N3O3/c1-3-5-6-7-8-9-10-11-12-13-17(16(21)4-2)23-18(20(25)26)14-15-19(22)24/h16-18,23H,3-15,21H2,1-2H3,(H2,22,24)(H,25,26). The van der Waals surface area contributed by atoms with Crippen molar-refractivity contribution in [3.8, 4) is 0 Å². The van der Waals surface area contributed by atoms with E-state index in [1.165, 1.54) is 44.9 Å². The number of nitrogens with one attached hydrogen (secondary N) is 1. The maximum atomic E-state index is 11.4. The Morgan fingerprint density at radius 3 is 1.92 bits per heavy atom. The van der Waals surface area contributed by atoms with Gasteiger partial charge in [0.1, 0.15) is 6.04 Å². The van der Waals surface area contributed by atoms with Gasteiger partial charge in [-0.1, -0.05) is 71.6 Å². The first-order valence-corrected chi connectivity index (χ1v) is 10.4. The van der Waals surface area contributed by atoms with Crippen molar-refractivity contribution in [3.05, 3.63) is 0 Å². The van der Waals surface area contributed by atoms with Gasteiger partial charge in [-0.05, 0) is 19.3 Å². The number of carbonyl (C=O) groups excluding carboxylic acids is 1. The van der Waals surface area contributed by atoms with Gasteiger partial charge in [-0.2, -0.15) is 0 Å². The van der Waals surface area contributed by atoms with Gasteiger partial charge in [0.25, 0.3) is 0 Å². The molecular weight excluding hydrogens is 330 g/mol. The van der Waals surface area contributed by atoms with Gasteiger partial charge in [-0.15, -0.1) is 0 Å². The van der Waals surface area contributed by atoms with Crippen LogP contribution in [0.25, 0.3) is 0 Å². The molecule has 0 aliphatic rings. The van der Waals surface area contributed by atoms with Gasteiger partial charge in [0.05, 0.1) is 0 Å². The maximum absolute atomic E-state index is 11.4. The normalized spacial score (nSPS) is 14.7. The van der Waals surface area contributed by atoms with Gasteiger partial charge in [-0.3, -0.25) is 9.59 Å². The average Bonchev–Trinajstić information content (AvgIpc) is 2.60. The van der Waals surface area contributed by atoms with Crippen molar-refractivity contribution in [2.75, 3.05) is 0 Å². The fourth-order valence-electron chi connectivity index (χ4n) is 3.20. The van der Waals surface area contributed by atoms with Crippen molar-refractivity contribution in [2.45, 2.75) is 115 Å². The number of amides is 1. The molecule has 0 bridgehead atoms. The van der Waals surface area contributed by atoms with Crippen LogP contribution in [-0.2, 0) is 9.59 Å². The Kier molecular flexibility index (Phi) is 15.4. The topological polar surface area (TPSA) is 118 Å². The smallest absolute Gasteiger partial charge is 0.320 e. The number of nitrogens with two attached hydrogens (primary N) is 2. The molecule has 0 fully saturated rings. The highest BCUT2D eigenvalue weighted by Crippen LogP contribution is 2.14. The van der Waals surface area contributed by atoms with E-state index in [1.54, 1.807) is 0 Å². The van der Waals surface area contributed by atoms with Crippen molar-refractivity contribution in [3.63, 3.8) is 0 Å². The molecule has 0 radical (unpaired) electrons. The van der Waals surface area contributed by atoms with Crippen molar-refractivity contribution in [1.29, 1.82) is 0 Å².